The fraction of sp³-hybridized carbons (Fsp3) is 0.360. The van der Waals surface area contributed by atoms with Gasteiger partial charge in [-0.05, 0) is 43.3 Å². The van der Waals surface area contributed by atoms with Crippen molar-refractivity contribution in [3.05, 3.63) is 65.2 Å². The van der Waals surface area contributed by atoms with Crippen LogP contribution in [0.3, 0.4) is 0 Å². The van der Waals surface area contributed by atoms with E-state index in [0.29, 0.717) is 43.1 Å². The molecule has 8 nitrogen and oxygen atoms in total. The van der Waals surface area contributed by atoms with E-state index in [9.17, 15) is 14.4 Å². The van der Waals surface area contributed by atoms with Crippen molar-refractivity contribution in [2.24, 2.45) is 0 Å². The van der Waals surface area contributed by atoms with Gasteiger partial charge in [0, 0.05) is 31.7 Å². The van der Waals surface area contributed by atoms with Crippen LogP contribution < -0.4 is 4.90 Å². The van der Waals surface area contributed by atoms with Gasteiger partial charge in [-0.15, -0.1) is 0 Å². The fourth-order valence-corrected chi connectivity index (χ4v) is 4.15. The van der Waals surface area contributed by atoms with Crippen LogP contribution in [0.5, 0.6) is 0 Å². The van der Waals surface area contributed by atoms with E-state index < -0.39 is 11.9 Å². The Kier molecular flexibility index (Phi) is 6.82. The Bertz CT molecular complexity index is 1070. The number of hydrogen-bond acceptors (Lipinski definition) is 6. The molecule has 2 aromatic rings. The third kappa shape index (κ3) is 4.95. The predicted molar refractivity (Wildman–Crippen MR) is 122 cm³/mol. The molecule has 2 heterocycles. The Balaban J connectivity index is 1.58. The molecule has 2 aliphatic rings. The molecule has 2 aromatic carbocycles. The monoisotopic (exact) mass is 446 g/mol. The van der Waals surface area contributed by atoms with Gasteiger partial charge in [-0.3, -0.25) is 19.3 Å². The minimum Gasteiger partial charge on any atom is -0.379 e. The van der Waals surface area contributed by atoms with E-state index in [2.05, 4.69) is 4.90 Å². The molecular formula is C25H26N4O4. The van der Waals surface area contributed by atoms with Crippen molar-refractivity contribution in [3.63, 3.8) is 0 Å². The van der Waals surface area contributed by atoms with Crippen molar-refractivity contribution < 1.29 is 19.1 Å². The van der Waals surface area contributed by atoms with E-state index in [0.717, 1.165) is 23.6 Å². The molecule has 0 aliphatic carbocycles. The molecule has 8 heteroatoms. The van der Waals surface area contributed by atoms with E-state index >= 15 is 0 Å². The maximum absolute atomic E-state index is 13.5. The fourth-order valence-electron chi connectivity index (χ4n) is 4.15. The summed E-state index contributed by atoms with van der Waals surface area (Å²) in [5, 5.41) is 9.01. The second-order valence-electron chi connectivity index (χ2n) is 8.26. The van der Waals surface area contributed by atoms with E-state index in [-0.39, 0.29) is 18.2 Å². The smallest absolute Gasteiger partial charge is 0.257 e. The topological polar surface area (TPSA) is 93.9 Å². The summed E-state index contributed by atoms with van der Waals surface area (Å²) in [6.07, 6.45) is -0.0699. The molecule has 1 unspecified atom stereocenters. The number of carbonyl (C=O) groups is 3. The van der Waals surface area contributed by atoms with Crippen molar-refractivity contribution in [1.29, 1.82) is 5.26 Å². The number of imide groups is 1. The first kappa shape index (κ1) is 22.6. The highest BCUT2D eigenvalue weighted by molar-refractivity contribution is 6.23. The number of ether oxygens (including phenoxy) is 1. The van der Waals surface area contributed by atoms with E-state index in [1.807, 2.05) is 25.1 Å². The molecule has 1 atom stereocenters. The summed E-state index contributed by atoms with van der Waals surface area (Å²) in [7, 11) is 0. The number of morpholine rings is 1. The molecule has 0 spiro atoms. The summed E-state index contributed by atoms with van der Waals surface area (Å²) in [6.45, 7) is 5.67. The zero-order valence-corrected chi connectivity index (χ0v) is 18.6. The molecule has 2 fully saturated rings. The second kappa shape index (κ2) is 9.94. The molecule has 3 amide bonds. The summed E-state index contributed by atoms with van der Waals surface area (Å²) in [4.78, 5) is 44.5. The van der Waals surface area contributed by atoms with Crippen molar-refractivity contribution in [3.8, 4) is 6.07 Å². The summed E-state index contributed by atoms with van der Waals surface area (Å²) in [6, 6.07) is 14.7. The first-order chi connectivity index (χ1) is 16.0. The highest BCUT2D eigenvalue weighted by atomic mass is 16.5. The number of benzene rings is 2. The van der Waals surface area contributed by atoms with E-state index in [1.165, 1.54) is 4.90 Å². The van der Waals surface area contributed by atoms with E-state index in [4.69, 9.17) is 10.00 Å². The first-order valence-electron chi connectivity index (χ1n) is 11.0. The van der Waals surface area contributed by atoms with Gasteiger partial charge in [-0.2, -0.15) is 5.26 Å². The summed E-state index contributed by atoms with van der Waals surface area (Å²) in [5.74, 6) is -1.05. The first-order valence-corrected chi connectivity index (χ1v) is 11.0. The molecule has 0 radical (unpaired) electrons. The Hall–Kier alpha value is -3.54. The molecule has 4 rings (SSSR count). The lowest BCUT2D eigenvalue weighted by atomic mass is 10.1. The Morgan fingerprint density at radius 2 is 1.76 bits per heavy atom. The predicted octanol–water partition coefficient (Wildman–Crippen LogP) is 1.97. The lowest BCUT2D eigenvalue weighted by molar-refractivity contribution is -0.122. The van der Waals surface area contributed by atoms with Crippen LogP contribution in [0.25, 0.3) is 0 Å². The van der Waals surface area contributed by atoms with Crippen LogP contribution in [0.15, 0.2) is 48.5 Å². The standard InChI is InChI=1S/C25H26N4O4/c1-18-2-6-20(7-3-18)24(31)28(11-10-27-12-14-33-15-13-27)22-16-23(30)29(25(22)32)21-8-4-19(17-26)5-9-21/h2-9,22H,10-16H2,1H3. The number of nitriles is 1. The average Bonchev–Trinajstić information content (AvgIpc) is 3.13. The van der Waals surface area contributed by atoms with Crippen LogP contribution in [0.2, 0.25) is 0 Å². The molecule has 0 saturated carbocycles. The molecule has 2 saturated heterocycles. The Morgan fingerprint density at radius 1 is 1.09 bits per heavy atom. The van der Waals surface area contributed by atoms with Crippen molar-refractivity contribution in [2.45, 2.75) is 19.4 Å². The number of carbonyl (C=O) groups excluding carboxylic acids is 3. The van der Waals surface area contributed by atoms with Gasteiger partial charge in [0.05, 0.1) is 37.0 Å². The van der Waals surface area contributed by atoms with Gasteiger partial charge in [0.15, 0.2) is 0 Å². The molecule has 2 aliphatic heterocycles. The Labute approximate surface area is 192 Å². The molecule has 0 N–H and O–H groups in total. The van der Waals surface area contributed by atoms with Gasteiger partial charge >= 0.3 is 0 Å². The largest absolute Gasteiger partial charge is 0.379 e. The van der Waals surface area contributed by atoms with Crippen LogP contribution >= 0.6 is 0 Å². The van der Waals surface area contributed by atoms with Gasteiger partial charge in [0.1, 0.15) is 6.04 Å². The number of anilines is 1. The van der Waals surface area contributed by atoms with Gasteiger partial charge in [-0.25, -0.2) is 4.90 Å². The Morgan fingerprint density at radius 3 is 2.39 bits per heavy atom. The van der Waals surface area contributed by atoms with Gasteiger partial charge in [0.2, 0.25) is 5.91 Å². The molecule has 0 bridgehead atoms. The minimum atomic E-state index is -0.872. The molecule has 170 valence electrons. The normalized spacial score (nSPS) is 18.9. The number of rotatable bonds is 6. The summed E-state index contributed by atoms with van der Waals surface area (Å²) >= 11 is 0. The van der Waals surface area contributed by atoms with Gasteiger partial charge in [0.25, 0.3) is 11.8 Å². The zero-order valence-electron chi connectivity index (χ0n) is 18.6. The van der Waals surface area contributed by atoms with Crippen molar-refractivity contribution in [2.75, 3.05) is 44.3 Å². The van der Waals surface area contributed by atoms with Crippen LogP contribution in [-0.4, -0.2) is 73.0 Å². The lowest BCUT2D eigenvalue weighted by Crippen LogP contribution is -2.49. The highest BCUT2D eigenvalue weighted by Crippen LogP contribution is 2.27. The lowest BCUT2D eigenvalue weighted by Gasteiger charge is -2.32. The minimum absolute atomic E-state index is 0.0699. The second-order valence-corrected chi connectivity index (χ2v) is 8.26. The quantitative estimate of drug-likeness (QED) is 0.630. The third-order valence-corrected chi connectivity index (χ3v) is 6.07. The van der Waals surface area contributed by atoms with Crippen LogP contribution in [-0.2, 0) is 14.3 Å². The maximum Gasteiger partial charge on any atom is 0.257 e. The zero-order chi connectivity index (χ0) is 23.4. The average molecular weight is 447 g/mol. The van der Waals surface area contributed by atoms with Crippen LogP contribution in [0, 0.1) is 18.3 Å². The number of nitrogens with zero attached hydrogens (tertiary/aromatic N) is 4. The van der Waals surface area contributed by atoms with Gasteiger partial charge in [-0.1, -0.05) is 17.7 Å². The summed E-state index contributed by atoms with van der Waals surface area (Å²) in [5.41, 5.74) is 2.36. The third-order valence-electron chi connectivity index (χ3n) is 6.07. The van der Waals surface area contributed by atoms with Crippen molar-refractivity contribution >= 4 is 23.4 Å². The molecule has 0 aromatic heterocycles. The molecule has 33 heavy (non-hydrogen) atoms. The van der Waals surface area contributed by atoms with Crippen LogP contribution in [0.4, 0.5) is 5.69 Å². The highest BCUT2D eigenvalue weighted by Gasteiger charge is 2.44. The van der Waals surface area contributed by atoms with Gasteiger partial charge < -0.3 is 9.64 Å². The van der Waals surface area contributed by atoms with Crippen molar-refractivity contribution in [1.82, 2.24) is 9.80 Å². The number of aryl methyl sites for hydroxylation is 1. The SMILES string of the molecule is Cc1ccc(C(=O)N(CCN2CCOCC2)C2CC(=O)N(c3ccc(C#N)cc3)C2=O)cc1. The number of amides is 3. The number of hydrogen-bond donors (Lipinski definition) is 0. The van der Waals surface area contributed by atoms with E-state index in [1.54, 1.807) is 36.4 Å². The van der Waals surface area contributed by atoms with Crippen LogP contribution in [0.1, 0.15) is 27.9 Å². The maximum atomic E-state index is 13.5. The summed E-state index contributed by atoms with van der Waals surface area (Å²) < 4.78 is 5.40. The molecular weight excluding hydrogens is 420 g/mol.